The van der Waals surface area contributed by atoms with Gasteiger partial charge in [-0.2, -0.15) is 0 Å². The second-order valence-electron chi connectivity index (χ2n) is 5.18. The second-order valence-corrected chi connectivity index (χ2v) is 6.21. The van der Waals surface area contributed by atoms with Gasteiger partial charge in [-0.15, -0.1) is 0 Å². The number of carboxylic acids is 1. The first-order chi connectivity index (χ1) is 12.5. The molecular weight excluding hydrogens is 359 g/mol. The van der Waals surface area contributed by atoms with E-state index in [1.165, 1.54) is 18.2 Å². The number of aliphatic imine (C=N–C) groups is 1. The Morgan fingerprint density at radius 1 is 1.27 bits per heavy atom. The Morgan fingerprint density at radius 2 is 2.08 bits per heavy atom. The highest BCUT2D eigenvalue weighted by molar-refractivity contribution is 8.18. The molecule has 6 nitrogen and oxygen atoms in total. The maximum absolute atomic E-state index is 13.2. The molecule has 3 rings (SSSR count). The van der Waals surface area contributed by atoms with Crippen LogP contribution in [0.2, 0.25) is 0 Å². The number of nitrogens with zero attached hydrogens (tertiary/aromatic N) is 1. The molecule has 8 heteroatoms. The van der Waals surface area contributed by atoms with Gasteiger partial charge in [0.2, 0.25) is 0 Å². The first-order valence-corrected chi connectivity index (χ1v) is 8.32. The number of para-hydroxylation sites is 1. The van der Waals surface area contributed by atoms with Crippen LogP contribution in [0, 0.1) is 5.82 Å². The lowest BCUT2D eigenvalue weighted by Crippen LogP contribution is -2.19. The minimum atomic E-state index is -1.09. The maximum atomic E-state index is 13.2. The molecule has 2 aromatic carbocycles. The molecule has 0 bridgehead atoms. The van der Waals surface area contributed by atoms with Crippen molar-refractivity contribution < 1.29 is 23.8 Å². The van der Waals surface area contributed by atoms with Gasteiger partial charge in [0.05, 0.1) is 10.6 Å². The van der Waals surface area contributed by atoms with Gasteiger partial charge < -0.3 is 15.2 Å². The van der Waals surface area contributed by atoms with Gasteiger partial charge in [-0.05, 0) is 42.1 Å². The highest BCUT2D eigenvalue weighted by Crippen LogP contribution is 2.30. The van der Waals surface area contributed by atoms with Crippen LogP contribution in [0.3, 0.4) is 0 Å². The third kappa shape index (κ3) is 4.48. The fourth-order valence-corrected chi connectivity index (χ4v) is 2.99. The largest absolute Gasteiger partial charge is 0.481 e. The van der Waals surface area contributed by atoms with E-state index >= 15 is 0 Å². The summed E-state index contributed by atoms with van der Waals surface area (Å²) in [4.78, 5) is 27.4. The number of carboxylic acid groups (broad SMARTS) is 1. The molecule has 1 aliphatic rings. The Bertz CT molecular complexity index is 927. The molecule has 0 saturated carbocycles. The molecule has 0 aromatic heterocycles. The molecule has 1 saturated heterocycles. The highest BCUT2D eigenvalue weighted by Gasteiger charge is 2.24. The predicted octanol–water partition coefficient (Wildman–Crippen LogP) is 3.18. The van der Waals surface area contributed by atoms with E-state index in [1.54, 1.807) is 36.4 Å². The van der Waals surface area contributed by atoms with Crippen LogP contribution in [0.25, 0.3) is 6.08 Å². The Kier molecular flexibility index (Phi) is 5.33. The number of amides is 1. The molecule has 0 unspecified atom stereocenters. The molecule has 2 N–H and O–H groups in total. The Balaban J connectivity index is 1.82. The van der Waals surface area contributed by atoms with Crippen molar-refractivity contribution in [2.75, 3.05) is 6.61 Å². The summed E-state index contributed by atoms with van der Waals surface area (Å²) < 4.78 is 18.4. The Morgan fingerprint density at radius 3 is 2.85 bits per heavy atom. The van der Waals surface area contributed by atoms with E-state index in [4.69, 9.17) is 9.84 Å². The van der Waals surface area contributed by atoms with Crippen molar-refractivity contribution in [3.05, 3.63) is 64.8 Å². The minimum absolute atomic E-state index is 0.329. The van der Waals surface area contributed by atoms with E-state index in [1.807, 2.05) is 0 Å². The summed E-state index contributed by atoms with van der Waals surface area (Å²) in [6, 6.07) is 12.5. The fraction of sp³-hybridized carbons (Fsp3) is 0.0556. The number of rotatable bonds is 5. The first kappa shape index (κ1) is 17.7. The van der Waals surface area contributed by atoms with Gasteiger partial charge in [-0.3, -0.25) is 4.79 Å². The zero-order valence-electron chi connectivity index (χ0n) is 13.3. The smallest absolute Gasteiger partial charge is 0.341 e. The normalized spacial score (nSPS) is 16.7. The van der Waals surface area contributed by atoms with E-state index in [9.17, 15) is 14.0 Å². The van der Waals surface area contributed by atoms with Crippen LogP contribution in [-0.4, -0.2) is 28.8 Å². The van der Waals surface area contributed by atoms with Crippen LogP contribution in [0.1, 0.15) is 5.56 Å². The number of benzene rings is 2. The van der Waals surface area contributed by atoms with Crippen molar-refractivity contribution >= 4 is 40.6 Å². The lowest BCUT2D eigenvalue weighted by molar-refractivity contribution is -0.139. The van der Waals surface area contributed by atoms with Crippen molar-refractivity contribution in [3.8, 4) is 5.75 Å². The van der Waals surface area contributed by atoms with E-state index in [0.717, 1.165) is 11.8 Å². The summed E-state index contributed by atoms with van der Waals surface area (Å²) in [6.07, 6.45) is 1.59. The van der Waals surface area contributed by atoms with Crippen LogP contribution in [0.4, 0.5) is 10.1 Å². The topological polar surface area (TPSA) is 88.0 Å². The number of carbonyl (C=O) groups excluding carboxylic acids is 1. The highest BCUT2D eigenvalue weighted by atomic mass is 32.2. The quantitative estimate of drug-likeness (QED) is 0.787. The number of thioether (sulfide) groups is 1. The number of hydrogen-bond donors (Lipinski definition) is 2. The van der Waals surface area contributed by atoms with E-state index < -0.39 is 18.4 Å². The molecule has 0 atom stereocenters. The van der Waals surface area contributed by atoms with E-state index in [-0.39, 0.29) is 5.91 Å². The molecule has 1 amide bonds. The molecule has 0 spiro atoms. The Hall–Kier alpha value is -3.13. The van der Waals surface area contributed by atoms with Crippen molar-refractivity contribution in [1.29, 1.82) is 0 Å². The maximum Gasteiger partial charge on any atom is 0.341 e. The number of nitrogens with one attached hydrogen (secondary N) is 1. The SMILES string of the molecule is O=C(O)COc1ccccc1/C=C1/SC(=Nc2cccc(F)c2)NC1=O. The molecule has 1 heterocycles. The van der Waals surface area contributed by atoms with Crippen LogP contribution in [0.5, 0.6) is 5.75 Å². The Labute approximate surface area is 152 Å². The van der Waals surface area contributed by atoms with Gasteiger partial charge in [-0.1, -0.05) is 24.3 Å². The minimum Gasteiger partial charge on any atom is -0.481 e. The van der Waals surface area contributed by atoms with Gasteiger partial charge in [0.25, 0.3) is 5.91 Å². The zero-order chi connectivity index (χ0) is 18.5. The number of carbonyl (C=O) groups is 2. The molecule has 0 radical (unpaired) electrons. The first-order valence-electron chi connectivity index (χ1n) is 7.50. The van der Waals surface area contributed by atoms with Gasteiger partial charge in [-0.25, -0.2) is 14.2 Å². The number of hydrogen-bond acceptors (Lipinski definition) is 5. The van der Waals surface area contributed by atoms with Crippen molar-refractivity contribution in [1.82, 2.24) is 5.32 Å². The van der Waals surface area contributed by atoms with Gasteiger partial charge in [0.15, 0.2) is 11.8 Å². The van der Waals surface area contributed by atoms with Crippen LogP contribution in [0.15, 0.2) is 58.4 Å². The average molecular weight is 372 g/mol. The molecule has 1 aliphatic heterocycles. The summed E-state index contributed by atoms with van der Waals surface area (Å²) in [6.45, 7) is -0.480. The number of aliphatic carboxylic acids is 1. The number of halogens is 1. The second kappa shape index (κ2) is 7.83. The van der Waals surface area contributed by atoms with Crippen LogP contribution < -0.4 is 10.1 Å². The van der Waals surface area contributed by atoms with Gasteiger partial charge in [0, 0.05) is 5.56 Å². The van der Waals surface area contributed by atoms with Gasteiger partial charge >= 0.3 is 5.97 Å². The third-order valence-corrected chi connectivity index (χ3v) is 4.16. The van der Waals surface area contributed by atoms with Crippen molar-refractivity contribution in [2.45, 2.75) is 0 Å². The van der Waals surface area contributed by atoms with Crippen molar-refractivity contribution in [2.24, 2.45) is 4.99 Å². The third-order valence-electron chi connectivity index (χ3n) is 3.25. The van der Waals surface area contributed by atoms with Crippen LogP contribution in [-0.2, 0) is 9.59 Å². The monoisotopic (exact) mass is 372 g/mol. The molecule has 2 aromatic rings. The molecular formula is C18H13FN2O4S. The molecule has 26 heavy (non-hydrogen) atoms. The number of amidine groups is 1. The number of ether oxygens (including phenoxy) is 1. The predicted molar refractivity (Wildman–Crippen MR) is 96.8 cm³/mol. The lowest BCUT2D eigenvalue weighted by atomic mass is 10.2. The molecule has 132 valence electrons. The molecule has 0 aliphatic carbocycles. The summed E-state index contributed by atoms with van der Waals surface area (Å²) >= 11 is 1.10. The van der Waals surface area contributed by atoms with Crippen LogP contribution >= 0.6 is 11.8 Å². The summed E-state index contributed by atoms with van der Waals surface area (Å²) in [5.41, 5.74) is 0.956. The summed E-state index contributed by atoms with van der Waals surface area (Å²) in [5.74, 6) is -1.50. The summed E-state index contributed by atoms with van der Waals surface area (Å²) in [5, 5.41) is 11.7. The lowest BCUT2D eigenvalue weighted by Gasteiger charge is -2.06. The molecule has 1 fully saturated rings. The summed E-state index contributed by atoms with van der Waals surface area (Å²) in [7, 11) is 0. The van der Waals surface area contributed by atoms with E-state index in [2.05, 4.69) is 10.3 Å². The van der Waals surface area contributed by atoms with Crippen molar-refractivity contribution in [3.63, 3.8) is 0 Å². The van der Waals surface area contributed by atoms with Gasteiger partial charge in [0.1, 0.15) is 11.6 Å². The average Bonchev–Trinajstić information content (AvgIpc) is 2.93. The fourth-order valence-electron chi connectivity index (χ4n) is 2.16. The standard InChI is InChI=1S/C18H13FN2O4S/c19-12-5-3-6-13(9-12)20-18-21-17(24)15(26-18)8-11-4-1-2-7-14(11)25-10-16(22)23/h1-9H,10H2,(H,22,23)(H,20,21,24)/b15-8+. The zero-order valence-corrected chi connectivity index (χ0v) is 14.1. The van der Waals surface area contributed by atoms with E-state index in [0.29, 0.717) is 27.1 Å².